The number of benzene rings is 1. The number of aromatic nitrogens is 4. The van der Waals surface area contributed by atoms with Crippen molar-refractivity contribution in [1.29, 1.82) is 0 Å². The highest BCUT2D eigenvalue weighted by Gasteiger charge is 2.26. The van der Waals surface area contributed by atoms with Gasteiger partial charge in [-0.1, -0.05) is 12.1 Å². The first-order valence-electron chi connectivity index (χ1n) is 8.68. The monoisotopic (exact) mass is 398 g/mol. The van der Waals surface area contributed by atoms with Crippen LogP contribution >= 0.6 is 0 Å². The molecule has 0 spiro atoms. The lowest BCUT2D eigenvalue weighted by molar-refractivity contribution is 0.487. The van der Waals surface area contributed by atoms with Crippen molar-refractivity contribution >= 4 is 20.7 Å². The van der Waals surface area contributed by atoms with Gasteiger partial charge in [0.2, 0.25) is 9.84 Å². The molecule has 0 aliphatic carbocycles. The molecule has 0 unspecified atom stereocenters. The van der Waals surface area contributed by atoms with Gasteiger partial charge in [0.25, 0.3) is 0 Å². The zero-order valence-corrected chi connectivity index (χ0v) is 16.5. The van der Waals surface area contributed by atoms with Gasteiger partial charge in [0.15, 0.2) is 0 Å². The van der Waals surface area contributed by atoms with Crippen LogP contribution < -0.4 is 0 Å². The SMILES string of the molecule is Cc1cn(-c2cc(C)c(S(=O)(=O)c3cn(C)c4cccc(CF)c34)cn2)cn1. The van der Waals surface area contributed by atoms with E-state index in [1.165, 1.54) is 12.4 Å². The summed E-state index contributed by atoms with van der Waals surface area (Å²) in [6, 6.07) is 6.82. The molecular formula is C20H19FN4O2S. The molecule has 0 atom stereocenters. The first kappa shape index (κ1) is 18.4. The first-order chi connectivity index (χ1) is 13.3. The highest BCUT2D eigenvalue weighted by atomic mass is 32.2. The van der Waals surface area contributed by atoms with Crippen LogP contribution in [0.1, 0.15) is 16.8 Å². The zero-order chi connectivity index (χ0) is 20.1. The van der Waals surface area contributed by atoms with Gasteiger partial charge >= 0.3 is 0 Å². The number of hydrogen-bond donors (Lipinski definition) is 0. The van der Waals surface area contributed by atoms with E-state index in [9.17, 15) is 12.8 Å². The minimum Gasteiger partial charge on any atom is -0.349 e. The van der Waals surface area contributed by atoms with Crippen molar-refractivity contribution in [3.8, 4) is 5.82 Å². The van der Waals surface area contributed by atoms with E-state index in [1.807, 2.05) is 13.1 Å². The van der Waals surface area contributed by atoms with Crippen LogP contribution in [0.2, 0.25) is 0 Å². The molecule has 144 valence electrons. The van der Waals surface area contributed by atoms with Crippen molar-refractivity contribution in [3.63, 3.8) is 0 Å². The fraction of sp³-hybridized carbons (Fsp3) is 0.200. The third kappa shape index (κ3) is 2.80. The highest BCUT2D eigenvalue weighted by molar-refractivity contribution is 7.91. The molecule has 0 N–H and O–H groups in total. The summed E-state index contributed by atoms with van der Waals surface area (Å²) in [5.41, 5.74) is 2.43. The third-order valence-corrected chi connectivity index (χ3v) is 6.71. The Morgan fingerprint density at radius 1 is 1.11 bits per heavy atom. The third-order valence-electron chi connectivity index (χ3n) is 4.81. The molecule has 0 saturated carbocycles. The normalized spacial score (nSPS) is 12.0. The molecule has 8 heteroatoms. The fourth-order valence-electron chi connectivity index (χ4n) is 3.41. The molecule has 0 radical (unpaired) electrons. The Morgan fingerprint density at radius 3 is 2.54 bits per heavy atom. The largest absolute Gasteiger partial charge is 0.349 e. The van der Waals surface area contributed by atoms with Gasteiger partial charge in [-0.05, 0) is 37.1 Å². The molecule has 0 bridgehead atoms. The quantitative estimate of drug-likeness (QED) is 0.526. The van der Waals surface area contributed by atoms with Crippen molar-refractivity contribution in [2.75, 3.05) is 0 Å². The number of halogens is 1. The summed E-state index contributed by atoms with van der Waals surface area (Å²) in [6.45, 7) is 2.86. The van der Waals surface area contributed by atoms with Crippen LogP contribution in [-0.2, 0) is 23.6 Å². The van der Waals surface area contributed by atoms with Crippen molar-refractivity contribution < 1.29 is 12.8 Å². The van der Waals surface area contributed by atoms with Crippen LogP contribution in [-0.4, -0.2) is 27.5 Å². The van der Waals surface area contributed by atoms with Gasteiger partial charge in [-0.2, -0.15) is 0 Å². The number of fused-ring (bicyclic) bond motifs is 1. The summed E-state index contributed by atoms with van der Waals surface area (Å²) in [5.74, 6) is 0.583. The molecule has 0 amide bonds. The number of sulfone groups is 1. The first-order valence-corrected chi connectivity index (χ1v) is 10.2. The van der Waals surface area contributed by atoms with E-state index in [-0.39, 0.29) is 9.79 Å². The predicted molar refractivity (Wildman–Crippen MR) is 104 cm³/mol. The molecule has 0 aliphatic rings. The fourth-order valence-corrected chi connectivity index (χ4v) is 5.12. The summed E-state index contributed by atoms with van der Waals surface area (Å²) in [7, 11) is -2.13. The average Bonchev–Trinajstić information content (AvgIpc) is 3.25. The second-order valence-electron chi connectivity index (χ2n) is 6.78. The molecule has 3 aromatic heterocycles. The molecule has 1 aromatic carbocycles. The van der Waals surface area contributed by atoms with Gasteiger partial charge in [-0.3, -0.25) is 4.57 Å². The molecule has 28 heavy (non-hydrogen) atoms. The standard InChI is InChI=1S/C20H19FN4O2S/c1-13-7-19(25-10-14(2)23-12-25)22-9-17(13)28(26,27)18-11-24(3)16-6-4-5-15(8-21)20(16)18/h4-7,9-12H,8H2,1-3H3. The predicted octanol–water partition coefficient (Wildman–Crippen LogP) is 3.68. The summed E-state index contributed by atoms with van der Waals surface area (Å²) in [5, 5.41) is 0.418. The highest BCUT2D eigenvalue weighted by Crippen LogP contribution is 2.33. The topological polar surface area (TPSA) is 69.8 Å². The maximum Gasteiger partial charge on any atom is 0.210 e. The Bertz CT molecular complexity index is 1310. The van der Waals surface area contributed by atoms with Gasteiger partial charge in [0.1, 0.15) is 18.8 Å². The van der Waals surface area contributed by atoms with Crippen LogP contribution in [0.25, 0.3) is 16.7 Å². The summed E-state index contributed by atoms with van der Waals surface area (Å²) >= 11 is 0. The number of alkyl halides is 1. The molecule has 0 aliphatic heterocycles. The Hall–Kier alpha value is -3.00. The second-order valence-corrected chi connectivity index (χ2v) is 8.67. The molecule has 3 heterocycles. The van der Waals surface area contributed by atoms with E-state index in [0.29, 0.717) is 27.8 Å². The van der Waals surface area contributed by atoms with E-state index >= 15 is 0 Å². The van der Waals surface area contributed by atoms with E-state index in [4.69, 9.17) is 0 Å². The molecular weight excluding hydrogens is 379 g/mol. The van der Waals surface area contributed by atoms with Crippen molar-refractivity contribution in [3.05, 3.63) is 66.0 Å². The number of rotatable bonds is 4. The van der Waals surface area contributed by atoms with E-state index in [0.717, 1.165) is 5.69 Å². The molecule has 0 fully saturated rings. The minimum atomic E-state index is -3.88. The van der Waals surface area contributed by atoms with Crippen LogP contribution in [0, 0.1) is 13.8 Å². The van der Waals surface area contributed by atoms with Gasteiger partial charge in [-0.25, -0.2) is 22.8 Å². The molecule has 4 aromatic rings. The van der Waals surface area contributed by atoms with Crippen LogP contribution in [0.3, 0.4) is 0 Å². The Morgan fingerprint density at radius 2 is 1.89 bits per heavy atom. The van der Waals surface area contributed by atoms with E-state index in [1.54, 1.807) is 53.7 Å². The lowest BCUT2D eigenvalue weighted by Gasteiger charge is -2.10. The van der Waals surface area contributed by atoms with Gasteiger partial charge in [0.05, 0.1) is 15.5 Å². The summed E-state index contributed by atoms with van der Waals surface area (Å²) in [6.07, 6.45) is 6.33. The van der Waals surface area contributed by atoms with Gasteiger partial charge in [-0.15, -0.1) is 0 Å². The maximum absolute atomic E-state index is 13.5. The Labute approximate surface area is 162 Å². The van der Waals surface area contributed by atoms with Crippen LogP contribution in [0.5, 0.6) is 0 Å². The molecule has 0 saturated heterocycles. The summed E-state index contributed by atoms with van der Waals surface area (Å²) < 4.78 is 43.8. The van der Waals surface area contributed by atoms with Gasteiger partial charge in [0, 0.05) is 36.5 Å². The number of pyridine rings is 1. The Kier molecular flexibility index (Phi) is 4.30. The van der Waals surface area contributed by atoms with Crippen molar-refractivity contribution in [2.24, 2.45) is 7.05 Å². The number of aryl methyl sites for hydroxylation is 3. The average molecular weight is 398 g/mol. The zero-order valence-electron chi connectivity index (χ0n) is 15.7. The summed E-state index contributed by atoms with van der Waals surface area (Å²) in [4.78, 5) is 8.67. The number of imidazole rings is 1. The maximum atomic E-state index is 13.5. The van der Waals surface area contributed by atoms with E-state index < -0.39 is 16.5 Å². The lowest BCUT2D eigenvalue weighted by atomic mass is 10.1. The molecule has 6 nitrogen and oxygen atoms in total. The minimum absolute atomic E-state index is 0.0920. The number of hydrogen-bond acceptors (Lipinski definition) is 4. The van der Waals surface area contributed by atoms with Crippen molar-refractivity contribution in [1.82, 2.24) is 19.1 Å². The van der Waals surface area contributed by atoms with Crippen LogP contribution in [0.15, 0.2) is 59.0 Å². The van der Waals surface area contributed by atoms with Gasteiger partial charge < -0.3 is 4.57 Å². The van der Waals surface area contributed by atoms with Crippen molar-refractivity contribution in [2.45, 2.75) is 30.3 Å². The van der Waals surface area contributed by atoms with E-state index in [2.05, 4.69) is 9.97 Å². The Balaban J connectivity index is 1.89. The number of nitrogens with zero attached hydrogens (tertiary/aromatic N) is 4. The second kappa shape index (κ2) is 6.56. The smallest absolute Gasteiger partial charge is 0.210 e. The molecule has 4 rings (SSSR count). The lowest BCUT2D eigenvalue weighted by Crippen LogP contribution is -2.07. The van der Waals surface area contributed by atoms with Crippen LogP contribution in [0.4, 0.5) is 4.39 Å².